The molecule has 1 aliphatic heterocycles. The Morgan fingerprint density at radius 1 is 1.40 bits per heavy atom. The summed E-state index contributed by atoms with van der Waals surface area (Å²) in [4.78, 5) is 6.31. The van der Waals surface area contributed by atoms with E-state index in [1.54, 1.807) is 0 Å². The number of aromatic nitrogens is 2. The van der Waals surface area contributed by atoms with Crippen LogP contribution in [0.15, 0.2) is 17.6 Å². The topological polar surface area (TPSA) is 112 Å². The number of imidazole rings is 1. The molecule has 1 aromatic rings. The lowest BCUT2D eigenvalue weighted by Gasteiger charge is -2.34. The first-order chi connectivity index (χ1) is 9.31. The van der Waals surface area contributed by atoms with Gasteiger partial charge in [-0.3, -0.25) is 0 Å². The van der Waals surface area contributed by atoms with E-state index in [9.17, 15) is 16.8 Å². The van der Waals surface area contributed by atoms with Crippen LogP contribution < -0.4 is 4.72 Å². The Balaban J connectivity index is 2.19. The van der Waals surface area contributed by atoms with Gasteiger partial charge in [0.25, 0.3) is 10.0 Å². The van der Waals surface area contributed by atoms with Crippen LogP contribution in [-0.4, -0.2) is 56.5 Å². The van der Waals surface area contributed by atoms with E-state index < -0.39 is 20.0 Å². The predicted octanol–water partition coefficient (Wildman–Crippen LogP) is -0.498. The quantitative estimate of drug-likeness (QED) is 0.759. The number of sulfonamides is 2. The van der Waals surface area contributed by atoms with E-state index in [0.717, 1.165) is 19.1 Å². The highest BCUT2D eigenvalue weighted by Gasteiger charge is 2.34. The molecule has 1 unspecified atom stereocenters. The molecule has 1 fully saturated rings. The first-order valence-electron chi connectivity index (χ1n) is 6.25. The third-order valence-electron chi connectivity index (χ3n) is 3.21. The molecule has 2 heterocycles. The van der Waals surface area contributed by atoms with Gasteiger partial charge in [-0.1, -0.05) is 6.42 Å². The van der Waals surface area contributed by atoms with Crippen LogP contribution in [0, 0.1) is 0 Å². The number of hydrogen-bond acceptors (Lipinski definition) is 5. The summed E-state index contributed by atoms with van der Waals surface area (Å²) in [5.41, 5.74) is 0. The monoisotopic (exact) mass is 322 g/mol. The summed E-state index contributed by atoms with van der Waals surface area (Å²) in [5.74, 6) is 0. The molecule has 1 aliphatic rings. The number of rotatable bonds is 5. The van der Waals surface area contributed by atoms with Crippen molar-refractivity contribution >= 4 is 20.0 Å². The zero-order valence-electron chi connectivity index (χ0n) is 11.1. The van der Waals surface area contributed by atoms with Gasteiger partial charge in [-0.15, -0.1) is 0 Å². The average molecular weight is 322 g/mol. The normalized spacial score (nSPS) is 21.9. The van der Waals surface area contributed by atoms with Crippen molar-refractivity contribution in [3.05, 3.63) is 12.5 Å². The summed E-state index contributed by atoms with van der Waals surface area (Å²) in [6.07, 6.45) is 5.90. The van der Waals surface area contributed by atoms with Crippen molar-refractivity contribution in [2.75, 3.05) is 19.3 Å². The van der Waals surface area contributed by atoms with Gasteiger partial charge >= 0.3 is 0 Å². The Bertz CT molecular complexity index is 639. The summed E-state index contributed by atoms with van der Waals surface area (Å²) < 4.78 is 51.0. The molecule has 0 aromatic carbocycles. The maximum atomic E-state index is 12.5. The van der Waals surface area contributed by atoms with Crippen LogP contribution in [0.25, 0.3) is 0 Å². The van der Waals surface area contributed by atoms with Gasteiger partial charge in [0.1, 0.15) is 0 Å². The maximum absolute atomic E-state index is 12.5. The number of piperidine rings is 1. The molecule has 8 nitrogen and oxygen atoms in total. The van der Waals surface area contributed by atoms with E-state index >= 15 is 0 Å². The van der Waals surface area contributed by atoms with Gasteiger partial charge in [-0.05, 0) is 12.8 Å². The van der Waals surface area contributed by atoms with Crippen LogP contribution >= 0.6 is 0 Å². The van der Waals surface area contributed by atoms with Gasteiger partial charge in [0.2, 0.25) is 10.0 Å². The lowest BCUT2D eigenvalue weighted by Crippen LogP contribution is -2.49. The zero-order chi connectivity index (χ0) is 14.8. The molecule has 1 aromatic heterocycles. The Morgan fingerprint density at radius 2 is 2.15 bits per heavy atom. The molecular weight excluding hydrogens is 304 g/mol. The molecule has 0 radical (unpaired) electrons. The molecule has 10 heteroatoms. The lowest BCUT2D eigenvalue weighted by molar-refractivity contribution is 0.252. The van der Waals surface area contributed by atoms with E-state index in [0.29, 0.717) is 13.0 Å². The van der Waals surface area contributed by atoms with Crippen LogP contribution in [0.4, 0.5) is 0 Å². The third-order valence-corrected chi connectivity index (χ3v) is 5.78. The van der Waals surface area contributed by atoms with Crippen molar-refractivity contribution in [2.45, 2.75) is 30.3 Å². The molecule has 0 bridgehead atoms. The van der Waals surface area contributed by atoms with Crippen LogP contribution in [0.5, 0.6) is 0 Å². The lowest BCUT2D eigenvalue weighted by atomic mass is 10.1. The summed E-state index contributed by atoms with van der Waals surface area (Å²) in [6, 6.07) is -0.369. The van der Waals surface area contributed by atoms with Gasteiger partial charge in [0.05, 0.1) is 18.8 Å². The number of aromatic amines is 1. The van der Waals surface area contributed by atoms with Crippen molar-refractivity contribution in [3.63, 3.8) is 0 Å². The second-order valence-electron chi connectivity index (χ2n) is 4.80. The molecule has 1 saturated heterocycles. The number of H-pyrrole nitrogens is 1. The molecule has 114 valence electrons. The summed E-state index contributed by atoms with van der Waals surface area (Å²) >= 11 is 0. The van der Waals surface area contributed by atoms with Crippen molar-refractivity contribution in [3.8, 4) is 0 Å². The highest BCUT2D eigenvalue weighted by Crippen LogP contribution is 2.23. The number of nitrogens with one attached hydrogen (secondary N) is 2. The fourth-order valence-electron chi connectivity index (χ4n) is 2.25. The number of nitrogens with zero attached hydrogens (tertiary/aromatic N) is 2. The van der Waals surface area contributed by atoms with Crippen molar-refractivity contribution in [2.24, 2.45) is 0 Å². The molecule has 2 N–H and O–H groups in total. The summed E-state index contributed by atoms with van der Waals surface area (Å²) in [5, 5.41) is 0.0313. The Kier molecular flexibility index (Phi) is 4.47. The predicted molar refractivity (Wildman–Crippen MR) is 73.0 cm³/mol. The SMILES string of the molecule is CS(=O)(=O)NCC1CCCCN1S(=O)(=O)c1cnc[nH]1. The van der Waals surface area contributed by atoms with E-state index in [-0.39, 0.29) is 17.6 Å². The van der Waals surface area contributed by atoms with E-state index in [1.165, 1.54) is 16.8 Å². The van der Waals surface area contributed by atoms with E-state index in [2.05, 4.69) is 14.7 Å². The Hall–Kier alpha value is -0.970. The Morgan fingerprint density at radius 3 is 2.75 bits per heavy atom. The van der Waals surface area contributed by atoms with Crippen LogP contribution in [0.3, 0.4) is 0 Å². The second-order valence-corrected chi connectivity index (χ2v) is 8.49. The van der Waals surface area contributed by atoms with Crippen LogP contribution in [0.1, 0.15) is 19.3 Å². The minimum Gasteiger partial charge on any atom is -0.335 e. The first kappa shape index (κ1) is 15.4. The van der Waals surface area contributed by atoms with Gasteiger partial charge in [0.15, 0.2) is 5.03 Å². The van der Waals surface area contributed by atoms with Crippen molar-refractivity contribution in [1.82, 2.24) is 19.0 Å². The van der Waals surface area contributed by atoms with Gasteiger partial charge in [-0.2, -0.15) is 4.31 Å². The molecule has 0 aliphatic carbocycles. The minimum atomic E-state index is -3.66. The van der Waals surface area contributed by atoms with E-state index in [1.807, 2.05) is 0 Å². The highest BCUT2D eigenvalue weighted by atomic mass is 32.2. The molecule has 0 saturated carbocycles. The average Bonchev–Trinajstić information content (AvgIpc) is 2.90. The molecule has 2 rings (SSSR count). The minimum absolute atomic E-state index is 0.0313. The van der Waals surface area contributed by atoms with E-state index in [4.69, 9.17) is 0 Å². The molecule has 20 heavy (non-hydrogen) atoms. The smallest absolute Gasteiger partial charge is 0.260 e. The zero-order valence-corrected chi connectivity index (χ0v) is 12.7. The molecular formula is C10H18N4O4S2. The summed E-state index contributed by atoms with van der Waals surface area (Å²) in [6.45, 7) is 0.476. The molecule has 0 amide bonds. The third kappa shape index (κ3) is 3.57. The number of hydrogen-bond donors (Lipinski definition) is 2. The Labute approximate surface area is 118 Å². The van der Waals surface area contributed by atoms with Crippen molar-refractivity contribution < 1.29 is 16.8 Å². The summed E-state index contributed by atoms with van der Waals surface area (Å²) in [7, 11) is -6.99. The fourth-order valence-corrected chi connectivity index (χ4v) is 4.34. The van der Waals surface area contributed by atoms with Gasteiger partial charge < -0.3 is 4.98 Å². The largest absolute Gasteiger partial charge is 0.335 e. The van der Waals surface area contributed by atoms with Gasteiger partial charge in [0, 0.05) is 19.1 Å². The van der Waals surface area contributed by atoms with Gasteiger partial charge in [-0.25, -0.2) is 26.5 Å². The highest BCUT2D eigenvalue weighted by molar-refractivity contribution is 7.89. The first-order valence-corrected chi connectivity index (χ1v) is 9.59. The standard InChI is InChI=1S/C10H18N4O4S2/c1-19(15,16)13-6-9-4-2-3-5-14(9)20(17,18)10-7-11-8-12-10/h7-9,13H,2-6H2,1H3,(H,11,12). The fraction of sp³-hybridized carbons (Fsp3) is 0.700. The maximum Gasteiger partial charge on any atom is 0.260 e. The van der Waals surface area contributed by atoms with Crippen LogP contribution in [0.2, 0.25) is 0 Å². The molecule has 0 spiro atoms. The van der Waals surface area contributed by atoms with Crippen LogP contribution in [-0.2, 0) is 20.0 Å². The molecule has 1 atom stereocenters. The second kappa shape index (κ2) is 5.80. The van der Waals surface area contributed by atoms with Crippen molar-refractivity contribution in [1.29, 1.82) is 0 Å².